The first kappa shape index (κ1) is 57.1. The van der Waals surface area contributed by atoms with Crippen molar-refractivity contribution in [2.45, 2.75) is 297 Å². The van der Waals surface area contributed by atoms with Crippen LogP contribution in [0.5, 0.6) is 0 Å². The van der Waals surface area contributed by atoms with Gasteiger partial charge in [0.2, 0.25) is 0 Å². The number of carbonyl (C=O) groups excluding carboxylic acids is 3. The lowest BCUT2D eigenvalue weighted by Gasteiger charge is -2.18. The van der Waals surface area contributed by atoms with Gasteiger partial charge in [0, 0.05) is 19.3 Å². The minimum atomic E-state index is -0.758. The average molecular weight is 833 g/mol. The van der Waals surface area contributed by atoms with Crippen molar-refractivity contribution < 1.29 is 28.6 Å². The Hall–Kier alpha value is -1.85. The highest BCUT2D eigenvalue weighted by Crippen LogP contribution is 2.16. The van der Waals surface area contributed by atoms with Crippen molar-refractivity contribution in [3.8, 4) is 0 Å². The smallest absolute Gasteiger partial charge is 0.306 e. The second-order valence-electron chi connectivity index (χ2n) is 17.8. The fourth-order valence-corrected chi connectivity index (χ4v) is 7.79. The molecule has 6 nitrogen and oxygen atoms in total. The van der Waals surface area contributed by atoms with Crippen molar-refractivity contribution >= 4 is 17.9 Å². The SMILES string of the molecule is CCCCCCCCCC/C=C\CCCCCCCCCCCCCCCCCCCC(=O)OCC(COC(=O)CCCCCCCC)OC(=O)CCCCCCCC. The molecule has 0 aromatic carbocycles. The van der Waals surface area contributed by atoms with E-state index in [4.69, 9.17) is 14.2 Å². The molecule has 0 aliphatic heterocycles. The molecule has 348 valence electrons. The lowest BCUT2D eigenvalue weighted by Crippen LogP contribution is -2.30. The number of hydrogen-bond donors (Lipinski definition) is 0. The number of ether oxygens (including phenoxy) is 3. The van der Waals surface area contributed by atoms with Gasteiger partial charge >= 0.3 is 17.9 Å². The lowest BCUT2D eigenvalue weighted by molar-refractivity contribution is -0.167. The summed E-state index contributed by atoms with van der Waals surface area (Å²) < 4.78 is 16.6. The largest absolute Gasteiger partial charge is 0.462 e. The molecule has 0 N–H and O–H groups in total. The molecule has 0 bridgehead atoms. The summed E-state index contributed by atoms with van der Waals surface area (Å²) in [5, 5.41) is 0. The summed E-state index contributed by atoms with van der Waals surface area (Å²) in [5.74, 6) is -0.876. The van der Waals surface area contributed by atoms with Gasteiger partial charge in [0.05, 0.1) is 0 Å². The molecule has 0 fully saturated rings. The normalized spacial score (nSPS) is 12.0. The molecule has 0 heterocycles. The van der Waals surface area contributed by atoms with Crippen LogP contribution in [0.3, 0.4) is 0 Å². The zero-order chi connectivity index (χ0) is 43.0. The minimum absolute atomic E-state index is 0.0664. The Morgan fingerprint density at radius 2 is 0.559 bits per heavy atom. The lowest BCUT2D eigenvalue weighted by atomic mass is 10.0. The third-order valence-electron chi connectivity index (χ3n) is 11.8. The maximum absolute atomic E-state index is 12.5. The van der Waals surface area contributed by atoms with E-state index in [-0.39, 0.29) is 31.1 Å². The topological polar surface area (TPSA) is 78.9 Å². The quantitative estimate of drug-likeness (QED) is 0.0263. The fraction of sp³-hybridized carbons (Fsp3) is 0.906. The Kier molecular flexibility index (Phi) is 47.3. The van der Waals surface area contributed by atoms with E-state index in [0.29, 0.717) is 19.3 Å². The van der Waals surface area contributed by atoms with Crippen LogP contribution in [0.25, 0.3) is 0 Å². The minimum Gasteiger partial charge on any atom is -0.462 e. The number of esters is 3. The third-order valence-corrected chi connectivity index (χ3v) is 11.8. The molecule has 0 aromatic heterocycles. The van der Waals surface area contributed by atoms with Gasteiger partial charge in [0.25, 0.3) is 0 Å². The first-order valence-electron chi connectivity index (χ1n) is 26.2. The predicted molar refractivity (Wildman–Crippen MR) is 252 cm³/mol. The number of rotatable bonds is 48. The van der Waals surface area contributed by atoms with Crippen LogP contribution < -0.4 is 0 Å². The summed E-state index contributed by atoms with van der Waals surface area (Å²) in [6.45, 7) is 6.54. The number of allylic oxidation sites excluding steroid dienone is 2. The summed E-state index contributed by atoms with van der Waals surface area (Å²) in [6, 6.07) is 0. The molecule has 0 saturated heterocycles. The van der Waals surface area contributed by atoms with Gasteiger partial charge in [0.1, 0.15) is 13.2 Å². The summed E-state index contributed by atoms with van der Waals surface area (Å²) in [6.07, 6.45) is 54.2. The van der Waals surface area contributed by atoms with Crippen molar-refractivity contribution in [2.75, 3.05) is 13.2 Å². The molecular weight excluding hydrogens is 733 g/mol. The molecule has 0 radical (unpaired) electrons. The molecule has 59 heavy (non-hydrogen) atoms. The van der Waals surface area contributed by atoms with E-state index in [2.05, 4.69) is 32.9 Å². The summed E-state index contributed by atoms with van der Waals surface area (Å²) in [7, 11) is 0. The van der Waals surface area contributed by atoms with Crippen LogP contribution in [-0.2, 0) is 28.6 Å². The van der Waals surface area contributed by atoms with E-state index in [0.717, 1.165) is 57.8 Å². The van der Waals surface area contributed by atoms with Gasteiger partial charge in [-0.3, -0.25) is 14.4 Å². The van der Waals surface area contributed by atoms with Gasteiger partial charge in [0.15, 0.2) is 6.10 Å². The fourth-order valence-electron chi connectivity index (χ4n) is 7.79. The molecule has 0 rings (SSSR count). The Morgan fingerprint density at radius 1 is 0.322 bits per heavy atom. The van der Waals surface area contributed by atoms with Crippen LogP contribution in [0.4, 0.5) is 0 Å². The van der Waals surface area contributed by atoms with Crippen molar-refractivity contribution in [3.05, 3.63) is 12.2 Å². The van der Waals surface area contributed by atoms with E-state index >= 15 is 0 Å². The maximum atomic E-state index is 12.5. The highest BCUT2D eigenvalue weighted by Gasteiger charge is 2.19. The molecule has 0 aromatic rings. The van der Waals surface area contributed by atoms with Crippen LogP contribution in [0.1, 0.15) is 290 Å². The molecule has 0 saturated carbocycles. The van der Waals surface area contributed by atoms with E-state index < -0.39 is 6.10 Å². The summed E-state index contributed by atoms with van der Waals surface area (Å²) >= 11 is 0. The van der Waals surface area contributed by atoms with Gasteiger partial charge in [-0.1, -0.05) is 238 Å². The number of hydrogen-bond acceptors (Lipinski definition) is 6. The highest BCUT2D eigenvalue weighted by atomic mass is 16.6. The van der Waals surface area contributed by atoms with E-state index in [1.165, 1.54) is 193 Å². The Bertz CT molecular complexity index is 916. The van der Waals surface area contributed by atoms with Crippen molar-refractivity contribution in [1.29, 1.82) is 0 Å². The zero-order valence-electron chi connectivity index (χ0n) is 39.8. The van der Waals surface area contributed by atoms with Crippen LogP contribution in [0.15, 0.2) is 12.2 Å². The molecule has 0 amide bonds. The molecule has 1 unspecified atom stereocenters. The molecule has 0 aliphatic carbocycles. The third kappa shape index (κ3) is 47.1. The Labute approximate surface area is 367 Å². The number of unbranched alkanes of at least 4 members (excludes halogenated alkanes) is 35. The van der Waals surface area contributed by atoms with Gasteiger partial charge in [-0.25, -0.2) is 0 Å². The van der Waals surface area contributed by atoms with Crippen molar-refractivity contribution in [2.24, 2.45) is 0 Å². The molecule has 0 aliphatic rings. The second-order valence-corrected chi connectivity index (χ2v) is 17.8. The van der Waals surface area contributed by atoms with Gasteiger partial charge in [-0.2, -0.15) is 0 Å². The Balaban J connectivity index is 3.81. The van der Waals surface area contributed by atoms with Crippen LogP contribution in [-0.4, -0.2) is 37.2 Å². The predicted octanol–water partition coefficient (Wildman–Crippen LogP) is 17.0. The maximum Gasteiger partial charge on any atom is 0.306 e. The van der Waals surface area contributed by atoms with Crippen molar-refractivity contribution in [3.63, 3.8) is 0 Å². The standard InChI is InChI=1S/C53H100O6/c1-4-7-10-13-16-17-18-19-20-21-22-23-24-25-26-27-28-29-30-31-32-33-34-35-36-37-38-41-43-46-52(55)58-49-50(59-53(56)47-44-40-15-12-9-6-3)48-57-51(54)45-42-39-14-11-8-5-2/h21-22,50H,4-20,23-49H2,1-3H3/b22-21-. The van der Waals surface area contributed by atoms with Crippen LogP contribution in [0, 0.1) is 0 Å². The first-order chi connectivity index (χ1) is 29.0. The summed E-state index contributed by atoms with van der Waals surface area (Å²) in [5.41, 5.74) is 0. The van der Waals surface area contributed by atoms with Crippen LogP contribution in [0.2, 0.25) is 0 Å². The average Bonchev–Trinajstić information content (AvgIpc) is 3.23. The van der Waals surface area contributed by atoms with Crippen molar-refractivity contribution in [1.82, 2.24) is 0 Å². The summed E-state index contributed by atoms with van der Waals surface area (Å²) in [4.78, 5) is 37.4. The van der Waals surface area contributed by atoms with Gasteiger partial charge in [-0.15, -0.1) is 0 Å². The second kappa shape index (κ2) is 48.8. The van der Waals surface area contributed by atoms with E-state index in [1.54, 1.807) is 0 Å². The Morgan fingerprint density at radius 3 is 0.847 bits per heavy atom. The molecule has 6 heteroatoms. The van der Waals surface area contributed by atoms with Gasteiger partial charge in [-0.05, 0) is 44.9 Å². The molecule has 1 atom stereocenters. The van der Waals surface area contributed by atoms with Crippen LogP contribution >= 0.6 is 0 Å². The van der Waals surface area contributed by atoms with E-state index in [9.17, 15) is 14.4 Å². The van der Waals surface area contributed by atoms with Gasteiger partial charge < -0.3 is 14.2 Å². The monoisotopic (exact) mass is 833 g/mol. The highest BCUT2D eigenvalue weighted by molar-refractivity contribution is 5.71. The number of carbonyl (C=O) groups is 3. The molecule has 0 spiro atoms. The first-order valence-corrected chi connectivity index (χ1v) is 26.2. The molecular formula is C53H100O6. The zero-order valence-corrected chi connectivity index (χ0v) is 39.8. The van der Waals surface area contributed by atoms with E-state index in [1.807, 2.05) is 0 Å².